The fourth-order valence-electron chi connectivity index (χ4n) is 4.07. The monoisotopic (exact) mass is 485 g/mol. The molecule has 0 fully saturated rings. The zero-order valence-corrected chi connectivity index (χ0v) is 20.5. The number of nitrogens with one attached hydrogen (secondary N) is 2. The number of benzene rings is 1. The van der Waals surface area contributed by atoms with Crippen LogP contribution < -0.4 is 14.8 Å². The number of hydrogen-bond acceptors (Lipinski definition) is 6. The maximum absolute atomic E-state index is 13.2. The Morgan fingerprint density at radius 2 is 1.85 bits per heavy atom. The number of pyridine rings is 1. The van der Waals surface area contributed by atoms with Gasteiger partial charge in [0.05, 0.1) is 30.2 Å². The van der Waals surface area contributed by atoms with Crippen molar-refractivity contribution in [2.75, 3.05) is 17.1 Å². The normalized spacial score (nSPS) is 13.7. The summed E-state index contributed by atoms with van der Waals surface area (Å²) in [5, 5.41) is 4.71. The van der Waals surface area contributed by atoms with Crippen molar-refractivity contribution in [3.05, 3.63) is 63.0 Å². The van der Waals surface area contributed by atoms with Crippen molar-refractivity contribution in [1.82, 2.24) is 4.98 Å². The Morgan fingerprint density at radius 3 is 2.58 bits per heavy atom. The van der Waals surface area contributed by atoms with Crippen LogP contribution in [0.5, 0.6) is 5.88 Å². The number of sulfonamides is 1. The van der Waals surface area contributed by atoms with E-state index in [1.807, 2.05) is 37.4 Å². The third-order valence-corrected chi connectivity index (χ3v) is 8.27. The number of methoxy groups -OCH3 is 1. The first-order chi connectivity index (χ1) is 15.8. The fourth-order valence-corrected chi connectivity index (χ4v) is 6.55. The highest BCUT2D eigenvalue weighted by Crippen LogP contribution is 2.32. The summed E-state index contributed by atoms with van der Waals surface area (Å²) in [7, 11) is -2.66. The van der Waals surface area contributed by atoms with Crippen molar-refractivity contribution >= 4 is 38.6 Å². The fraction of sp³-hybridized carbons (Fsp3) is 0.333. The van der Waals surface area contributed by atoms with Gasteiger partial charge >= 0.3 is 0 Å². The van der Waals surface area contributed by atoms with E-state index in [1.165, 1.54) is 30.7 Å². The number of carbonyl (C=O) groups is 1. The SMILES string of the molecule is COc1ncc(NC(=O)c2csc3c2CCCCC3)cc1S(=O)(=O)Nc1c(C)cccc1C. The number of para-hydroxylation sites is 1. The highest BCUT2D eigenvalue weighted by Gasteiger charge is 2.25. The quantitative estimate of drug-likeness (QED) is 0.474. The first-order valence-electron chi connectivity index (χ1n) is 10.8. The molecule has 1 aliphatic carbocycles. The minimum atomic E-state index is -4.02. The van der Waals surface area contributed by atoms with Crippen LogP contribution in [-0.4, -0.2) is 26.4 Å². The van der Waals surface area contributed by atoms with Gasteiger partial charge in [-0.2, -0.15) is 0 Å². The van der Waals surface area contributed by atoms with Gasteiger partial charge in [0.25, 0.3) is 15.9 Å². The molecule has 0 bridgehead atoms. The van der Waals surface area contributed by atoms with Gasteiger partial charge in [-0.15, -0.1) is 11.3 Å². The van der Waals surface area contributed by atoms with Crippen LogP contribution in [0.2, 0.25) is 0 Å². The first-order valence-corrected chi connectivity index (χ1v) is 13.2. The summed E-state index contributed by atoms with van der Waals surface area (Å²) in [4.78, 5) is 18.3. The van der Waals surface area contributed by atoms with Crippen LogP contribution in [0.4, 0.5) is 11.4 Å². The summed E-state index contributed by atoms with van der Waals surface area (Å²) in [5.41, 5.74) is 4.17. The third kappa shape index (κ3) is 4.89. The van der Waals surface area contributed by atoms with Crippen LogP contribution in [0.25, 0.3) is 0 Å². The topological polar surface area (TPSA) is 97.4 Å². The number of thiophene rings is 1. The summed E-state index contributed by atoms with van der Waals surface area (Å²) in [6.45, 7) is 3.67. The molecule has 2 heterocycles. The van der Waals surface area contributed by atoms with Gasteiger partial charge in [-0.3, -0.25) is 9.52 Å². The lowest BCUT2D eigenvalue weighted by atomic mass is 10.1. The Bertz CT molecular complexity index is 1280. The lowest BCUT2D eigenvalue weighted by Crippen LogP contribution is -2.18. The highest BCUT2D eigenvalue weighted by atomic mass is 32.2. The van der Waals surface area contributed by atoms with Gasteiger partial charge in [0, 0.05) is 10.3 Å². The Labute approximate surface area is 198 Å². The van der Waals surface area contributed by atoms with E-state index in [9.17, 15) is 13.2 Å². The van der Waals surface area contributed by atoms with Crippen molar-refractivity contribution in [1.29, 1.82) is 0 Å². The molecule has 33 heavy (non-hydrogen) atoms. The number of fused-ring (bicyclic) bond motifs is 1. The van der Waals surface area contributed by atoms with E-state index in [2.05, 4.69) is 15.0 Å². The van der Waals surface area contributed by atoms with Crippen LogP contribution in [-0.2, 0) is 22.9 Å². The molecule has 2 aromatic heterocycles. The van der Waals surface area contributed by atoms with Gasteiger partial charge in [0.2, 0.25) is 5.88 Å². The zero-order valence-electron chi connectivity index (χ0n) is 18.9. The minimum absolute atomic E-state index is 0.0452. The number of amides is 1. The summed E-state index contributed by atoms with van der Waals surface area (Å²) in [5.74, 6) is -0.302. The van der Waals surface area contributed by atoms with Gasteiger partial charge in [-0.05, 0) is 62.3 Å². The number of nitrogens with zero attached hydrogens (tertiary/aromatic N) is 1. The van der Waals surface area contributed by atoms with E-state index in [1.54, 1.807) is 11.3 Å². The van der Waals surface area contributed by atoms with Crippen molar-refractivity contribution in [2.24, 2.45) is 0 Å². The van der Waals surface area contributed by atoms with E-state index >= 15 is 0 Å². The number of aromatic nitrogens is 1. The molecule has 0 radical (unpaired) electrons. The molecule has 9 heteroatoms. The van der Waals surface area contributed by atoms with Crippen molar-refractivity contribution in [3.63, 3.8) is 0 Å². The number of rotatable bonds is 6. The number of carbonyl (C=O) groups excluding carboxylic acids is 1. The average Bonchev–Trinajstić information content (AvgIpc) is 3.05. The number of aryl methyl sites for hydroxylation is 3. The van der Waals surface area contributed by atoms with E-state index in [0.717, 1.165) is 42.4 Å². The van der Waals surface area contributed by atoms with Gasteiger partial charge < -0.3 is 10.1 Å². The molecule has 0 saturated carbocycles. The van der Waals surface area contributed by atoms with E-state index in [-0.39, 0.29) is 22.4 Å². The van der Waals surface area contributed by atoms with Crippen LogP contribution in [0, 0.1) is 13.8 Å². The predicted octanol–water partition coefficient (Wildman–Crippen LogP) is 5.09. The average molecular weight is 486 g/mol. The zero-order chi connectivity index (χ0) is 23.6. The molecule has 2 N–H and O–H groups in total. The number of hydrogen-bond donors (Lipinski definition) is 2. The van der Waals surface area contributed by atoms with E-state index in [4.69, 9.17) is 4.74 Å². The molecule has 0 unspecified atom stereocenters. The molecular formula is C24H27N3O4S2. The molecule has 0 aliphatic heterocycles. The van der Waals surface area contributed by atoms with E-state index < -0.39 is 10.0 Å². The van der Waals surface area contributed by atoms with Crippen molar-refractivity contribution < 1.29 is 17.9 Å². The van der Waals surface area contributed by atoms with Crippen LogP contribution >= 0.6 is 11.3 Å². The molecule has 174 valence electrons. The lowest BCUT2D eigenvalue weighted by molar-refractivity contribution is 0.102. The van der Waals surface area contributed by atoms with Gasteiger partial charge in [0.1, 0.15) is 0 Å². The van der Waals surface area contributed by atoms with Gasteiger partial charge in [0.15, 0.2) is 4.90 Å². The standard InChI is InChI=1S/C24H27N3O4S2/c1-15-8-7-9-16(2)22(15)27-33(29,30)21-12-17(13-25-24(21)31-3)26-23(28)19-14-32-20-11-6-4-5-10-18(19)20/h7-9,12-14,27H,4-6,10-11H2,1-3H3,(H,26,28). The highest BCUT2D eigenvalue weighted by molar-refractivity contribution is 7.92. The van der Waals surface area contributed by atoms with Crippen molar-refractivity contribution in [3.8, 4) is 5.88 Å². The number of ether oxygens (including phenoxy) is 1. The molecule has 0 spiro atoms. The minimum Gasteiger partial charge on any atom is -0.480 e. The molecule has 3 aromatic rings. The Balaban J connectivity index is 1.63. The summed E-state index contributed by atoms with van der Waals surface area (Å²) < 4.78 is 34.3. The Kier molecular flexibility index (Phi) is 6.71. The van der Waals surface area contributed by atoms with Gasteiger partial charge in [-0.25, -0.2) is 13.4 Å². The van der Waals surface area contributed by atoms with E-state index in [0.29, 0.717) is 11.3 Å². The first kappa shape index (κ1) is 23.3. The second-order valence-corrected chi connectivity index (χ2v) is 10.8. The second-order valence-electron chi connectivity index (χ2n) is 8.17. The van der Waals surface area contributed by atoms with Crippen LogP contribution in [0.3, 0.4) is 0 Å². The summed E-state index contributed by atoms with van der Waals surface area (Å²) >= 11 is 1.62. The van der Waals surface area contributed by atoms with Crippen molar-refractivity contribution in [2.45, 2.75) is 50.8 Å². The molecule has 1 amide bonds. The third-order valence-electron chi connectivity index (χ3n) is 5.83. The molecule has 0 atom stereocenters. The Morgan fingerprint density at radius 1 is 1.12 bits per heavy atom. The van der Waals surface area contributed by atoms with Gasteiger partial charge in [-0.1, -0.05) is 24.6 Å². The lowest BCUT2D eigenvalue weighted by Gasteiger charge is -2.15. The van der Waals surface area contributed by atoms with Crippen LogP contribution in [0.15, 0.2) is 40.7 Å². The molecular weight excluding hydrogens is 458 g/mol. The molecule has 1 aromatic carbocycles. The maximum atomic E-state index is 13.2. The van der Waals surface area contributed by atoms with Crippen LogP contribution in [0.1, 0.15) is 51.2 Å². The number of anilines is 2. The molecule has 0 saturated heterocycles. The molecule has 4 rings (SSSR count). The predicted molar refractivity (Wildman–Crippen MR) is 131 cm³/mol. The molecule has 7 nitrogen and oxygen atoms in total. The summed E-state index contributed by atoms with van der Waals surface area (Å²) in [6.07, 6.45) is 6.68. The smallest absolute Gasteiger partial charge is 0.267 e. The largest absolute Gasteiger partial charge is 0.480 e. The molecule has 1 aliphatic rings. The summed E-state index contributed by atoms with van der Waals surface area (Å²) in [6, 6.07) is 6.91. The second kappa shape index (κ2) is 9.52. The maximum Gasteiger partial charge on any atom is 0.267 e. The Hall–Kier alpha value is -2.91.